The molecule has 0 atom stereocenters. The van der Waals surface area contributed by atoms with Crippen LogP contribution in [0.5, 0.6) is 0 Å². The first kappa shape index (κ1) is 16.6. The molecule has 8 nitrogen and oxygen atoms in total. The first-order valence-electron chi connectivity index (χ1n) is 8.39. The highest BCUT2D eigenvalue weighted by atomic mass is 16.1. The monoisotopic (exact) mass is 359 g/mol. The van der Waals surface area contributed by atoms with Crippen LogP contribution >= 0.6 is 0 Å². The van der Waals surface area contributed by atoms with Gasteiger partial charge in [-0.25, -0.2) is 9.36 Å². The molecule has 0 bridgehead atoms. The van der Waals surface area contributed by atoms with Gasteiger partial charge >= 0.3 is 0 Å². The number of benzene rings is 2. The molecule has 0 aliphatic rings. The number of carbonyl (C=O) groups excluding carboxylic acids is 1. The second-order valence-electron chi connectivity index (χ2n) is 6.10. The molecule has 0 spiro atoms. The standard InChI is InChI=1S/C19H17N7O/c1-13-10-15(8-9-18(13)25-12-20-23-24-25)22-19(27)17-11-21-26(14(17)2)16-6-4-3-5-7-16/h3-12H,1-2H3,(H,22,27). The van der Waals surface area contributed by atoms with Crippen molar-refractivity contribution in [3.05, 3.63) is 77.9 Å². The van der Waals surface area contributed by atoms with Gasteiger partial charge < -0.3 is 5.32 Å². The van der Waals surface area contributed by atoms with Gasteiger partial charge in [0.1, 0.15) is 6.33 Å². The molecule has 134 valence electrons. The molecule has 0 unspecified atom stereocenters. The number of tetrazole rings is 1. The molecule has 1 N–H and O–H groups in total. The van der Waals surface area contributed by atoms with Crippen molar-refractivity contribution < 1.29 is 4.79 Å². The maximum Gasteiger partial charge on any atom is 0.259 e. The third kappa shape index (κ3) is 3.20. The van der Waals surface area contributed by atoms with Gasteiger partial charge in [-0.15, -0.1) is 5.10 Å². The second-order valence-corrected chi connectivity index (χ2v) is 6.10. The van der Waals surface area contributed by atoms with Gasteiger partial charge in [-0.05, 0) is 60.2 Å². The molecule has 0 saturated carbocycles. The zero-order valence-corrected chi connectivity index (χ0v) is 14.9. The van der Waals surface area contributed by atoms with E-state index in [-0.39, 0.29) is 5.91 Å². The molecule has 2 aromatic heterocycles. The molecular formula is C19H17N7O. The molecule has 27 heavy (non-hydrogen) atoms. The number of amides is 1. The Morgan fingerprint density at radius 1 is 1.07 bits per heavy atom. The Kier molecular flexibility index (Phi) is 4.21. The summed E-state index contributed by atoms with van der Waals surface area (Å²) < 4.78 is 3.33. The number of hydrogen-bond donors (Lipinski definition) is 1. The SMILES string of the molecule is Cc1cc(NC(=O)c2cnn(-c3ccccc3)c2C)ccc1-n1cnnn1. The van der Waals surface area contributed by atoms with E-state index in [2.05, 4.69) is 25.9 Å². The lowest BCUT2D eigenvalue weighted by Crippen LogP contribution is -2.13. The van der Waals surface area contributed by atoms with Crippen LogP contribution in [0.3, 0.4) is 0 Å². The average Bonchev–Trinajstić information content (AvgIpc) is 3.32. The summed E-state index contributed by atoms with van der Waals surface area (Å²) in [5.41, 5.74) is 4.71. The van der Waals surface area contributed by atoms with Crippen LogP contribution < -0.4 is 5.32 Å². The fourth-order valence-corrected chi connectivity index (χ4v) is 2.92. The summed E-state index contributed by atoms with van der Waals surface area (Å²) in [6.45, 7) is 3.81. The van der Waals surface area contributed by atoms with Gasteiger partial charge in [-0.3, -0.25) is 4.79 Å². The maximum absolute atomic E-state index is 12.7. The van der Waals surface area contributed by atoms with Gasteiger partial charge in [0, 0.05) is 5.69 Å². The van der Waals surface area contributed by atoms with Gasteiger partial charge in [-0.2, -0.15) is 5.10 Å². The lowest BCUT2D eigenvalue weighted by atomic mass is 10.1. The smallest absolute Gasteiger partial charge is 0.259 e. The Hall–Kier alpha value is -3.81. The van der Waals surface area contributed by atoms with E-state index in [1.807, 2.05) is 62.4 Å². The Bertz CT molecular complexity index is 1080. The highest BCUT2D eigenvalue weighted by Crippen LogP contribution is 2.20. The highest BCUT2D eigenvalue weighted by molar-refractivity contribution is 6.05. The number of hydrogen-bond acceptors (Lipinski definition) is 5. The first-order valence-corrected chi connectivity index (χ1v) is 8.39. The fraction of sp³-hybridized carbons (Fsp3) is 0.105. The van der Waals surface area contributed by atoms with Crippen LogP contribution in [0.4, 0.5) is 5.69 Å². The molecule has 4 aromatic rings. The first-order chi connectivity index (χ1) is 13.1. The van der Waals surface area contributed by atoms with Crippen molar-refractivity contribution in [1.29, 1.82) is 0 Å². The molecule has 1 amide bonds. The number of aryl methyl sites for hydroxylation is 1. The summed E-state index contributed by atoms with van der Waals surface area (Å²) in [5, 5.41) is 18.4. The minimum absolute atomic E-state index is 0.204. The van der Waals surface area contributed by atoms with E-state index < -0.39 is 0 Å². The predicted octanol–water partition coefficient (Wildman–Crippen LogP) is 2.72. The minimum Gasteiger partial charge on any atom is -0.322 e. The Morgan fingerprint density at radius 2 is 1.89 bits per heavy atom. The Morgan fingerprint density at radius 3 is 2.59 bits per heavy atom. The van der Waals surface area contributed by atoms with E-state index in [1.54, 1.807) is 15.6 Å². The Labute approximate surface area is 155 Å². The van der Waals surface area contributed by atoms with E-state index in [0.29, 0.717) is 11.3 Å². The predicted molar refractivity (Wildman–Crippen MR) is 100 cm³/mol. The number of aromatic nitrogens is 6. The van der Waals surface area contributed by atoms with Crippen LogP contribution in [-0.4, -0.2) is 35.9 Å². The minimum atomic E-state index is -0.204. The number of rotatable bonds is 4. The van der Waals surface area contributed by atoms with Crippen molar-refractivity contribution in [3.8, 4) is 11.4 Å². The van der Waals surface area contributed by atoms with Crippen molar-refractivity contribution in [3.63, 3.8) is 0 Å². The van der Waals surface area contributed by atoms with E-state index >= 15 is 0 Å². The topological polar surface area (TPSA) is 90.5 Å². The summed E-state index contributed by atoms with van der Waals surface area (Å²) in [5.74, 6) is -0.204. The summed E-state index contributed by atoms with van der Waals surface area (Å²) in [6.07, 6.45) is 3.11. The summed E-state index contributed by atoms with van der Waals surface area (Å²) in [7, 11) is 0. The molecule has 2 heterocycles. The molecule has 0 aliphatic heterocycles. The molecular weight excluding hydrogens is 342 g/mol. The average molecular weight is 359 g/mol. The normalized spacial score (nSPS) is 10.7. The zero-order valence-electron chi connectivity index (χ0n) is 14.9. The van der Waals surface area contributed by atoms with Gasteiger partial charge in [0.2, 0.25) is 0 Å². The van der Waals surface area contributed by atoms with Crippen molar-refractivity contribution in [2.75, 3.05) is 5.32 Å². The van der Waals surface area contributed by atoms with E-state index in [9.17, 15) is 4.79 Å². The number of anilines is 1. The van der Waals surface area contributed by atoms with Crippen LogP contribution in [0.25, 0.3) is 11.4 Å². The van der Waals surface area contributed by atoms with Crippen LogP contribution in [0.1, 0.15) is 21.6 Å². The lowest BCUT2D eigenvalue weighted by molar-refractivity contribution is 0.102. The highest BCUT2D eigenvalue weighted by Gasteiger charge is 2.15. The fourth-order valence-electron chi connectivity index (χ4n) is 2.92. The number of para-hydroxylation sites is 1. The van der Waals surface area contributed by atoms with Crippen molar-refractivity contribution in [2.45, 2.75) is 13.8 Å². The van der Waals surface area contributed by atoms with Crippen LogP contribution in [0.15, 0.2) is 61.1 Å². The third-order valence-electron chi connectivity index (χ3n) is 4.31. The second kappa shape index (κ2) is 6.83. The van der Waals surface area contributed by atoms with Gasteiger partial charge in [0.25, 0.3) is 5.91 Å². The van der Waals surface area contributed by atoms with Gasteiger partial charge in [0.05, 0.1) is 28.8 Å². The number of nitrogens with zero attached hydrogens (tertiary/aromatic N) is 6. The van der Waals surface area contributed by atoms with Gasteiger partial charge in [0.15, 0.2) is 0 Å². The third-order valence-corrected chi connectivity index (χ3v) is 4.31. The number of nitrogens with one attached hydrogen (secondary N) is 1. The molecule has 0 aliphatic carbocycles. The molecule has 0 fully saturated rings. The van der Waals surface area contributed by atoms with Crippen LogP contribution in [0, 0.1) is 13.8 Å². The lowest BCUT2D eigenvalue weighted by Gasteiger charge is -2.09. The summed E-state index contributed by atoms with van der Waals surface area (Å²) in [6, 6.07) is 15.3. The van der Waals surface area contributed by atoms with Gasteiger partial charge in [-0.1, -0.05) is 18.2 Å². The van der Waals surface area contributed by atoms with E-state index in [4.69, 9.17) is 0 Å². The van der Waals surface area contributed by atoms with Crippen LogP contribution in [-0.2, 0) is 0 Å². The zero-order chi connectivity index (χ0) is 18.8. The summed E-state index contributed by atoms with van der Waals surface area (Å²) >= 11 is 0. The van der Waals surface area contributed by atoms with E-state index in [0.717, 1.165) is 22.6 Å². The van der Waals surface area contributed by atoms with Crippen molar-refractivity contribution in [2.24, 2.45) is 0 Å². The molecule has 0 radical (unpaired) electrons. The largest absolute Gasteiger partial charge is 0.322 e. The summed E-state index contributed by atoms with van der Waals surface area (Å²) in [4.78, 5) is 12.7. The van der Waals surface area contributed by atoms with E-state index in [1.165, 1.54) is 6.33 Å². The molecule has 0 saturated heterocycles. The van der Waals surface area contributed by atoms with Crippen LogP contribution in [0.2, 0.25) is 0 Å². The Balaban J connectivity index is 1.56. The molecule has 8 heteroatoms. The molecule has 2 aromatic carbocycles. The van der Waals surface area contributed by atoms with Crippen molar-refractivity contribution >= 4 is 11.6 Å². The number of carbonyl (C=O) groups is 1. The van der Waals surface area contributed by atoms with Crippen molar-refractivity contribution in [1.82, 2.24) is 30.0 Å². The molecule has 4 rings (SSSR count). The quantitative estimate of drug-likeness (QED) is 0.605. The maximum atomic E-state index is 12.7.